The smallest absolute Gasteiger partial charge is 0.119 e. The van der Waals surface area contributed by atoms with Gasteiger partial charge in [-0.15, -0.1) is 0 Å². The third kappa shape index (κ3) is 4.60. The molecule has 0 saturated heterocycles. The van der Waals surface area contributed by atoms with E-state index < -0.39 is 0 Å². The van der Waals surface area contributed by atoms with Crippen LogP contribution in [0.4, 0.5) is 5.69 Å². The zero-order valence-corrected chi connectivity index (χ0v) is 15.7. The number of benzene rings is 1. The summed E-state index contributed by atoms with van der Waals surface area (Å²) in [7, 11) is 1.70. The van der Waals surface area contributed by atoms with Crippen molar-refractivity contribution in [1.29, 1.82) is 0 Å². The van der Waals surface area contributed by atoms with E-state index >= 15 is 0 Å². The summed E-state index contributed by atoms with van der Waals surface area (Å²) in [6, 6.07) is 6.47. The Balaban J connectivity index is 2.09. The van der Waals surface area contributed by atoms with Crippen LogP contribution in [0.25, 0.3) is 10.9 Å². The van der Waals surface area contributed by atoms with Crippen molar-refractivity contribution in [3.8, 4) is 5.75 Å². The van der Waals surface area contributed by atoms with E-state index in [4.69, 9.17) is 4.74 Å². The van der Waals surface area contributed by atoms with Crippen molar-refractivity contribution in [2.45, 2.75) is 46.6 Å². The minimum Gasteiger partial charge on any atom is -0.497 e. The average Bonchev–Trinajstić information content (AvgIpc) is 2.60. The van der Waals surface area contributed by atoms with Crippen LogP contribution in [0.5, 0.6) is 5.75 Å². The Morgan fingerprint density at radius 1 is 1.25 bits per heavy atom. The lowest BCUT2D eigenvalue weighted by Gasteiger charge is -2.21. The van der Waals surface area contributed by atoms with Gasteiger partial charge in [0.1, 0.15) is 5.75 Å². The van der Waals surface area contributed by atoms with Crippen molar-refractivity contribution in [3.63, 3.8) is 0 Å². The summed E-state index contributed by atoms with van der Waals surface area (Å²) in [5, 5.41) is 4.83. The second kappa shape index (κ2) is 8.88. The highest BCUT2D eigenvalue weighted by Gasteiger charge is 2.11. The van der Waals surface area contributed by atoms with Gasteiger partial charge in [-0.3, -0.25) is 4.98 Å². The molecule has 0 amide bonds. The minimum atomic E-state index is 0.427. The molecular weight excluding hydrogens is 298 g/mol. The zero-order valence-electron chi connectivity index (χ0n) is 15.7. The van der Waals surface area contributed by atoms with Crippen LogP contribution in [0.15, 0.2) is 24.4 Å². The van der Waals surface area contributed by atoms with Gasteiger partial charge in [0.05, 0.1) is 12.6 Å². The van der Waals surface area contributed by atoms with Gasteiger partial charge < -0.3 is 15.0 Å². The van der Waals surface area contributed by atoms with E-state index in [0.29, 0.717) is 6.04 Å². The SMILES string of the molecule is CCN(CC)CCCC(C)Nc1c(C)cnc2ccc(OC)cc12. The van der Waals surface area contributed by atoms with Crippen molar-refractivity contribution in [1.82, 2.24) is 9.88 Å². The Labute approximate surface area is 146 Å². The van der Waals surface area contributed by atoms with Gasteiger partial charge in [-0.25, -0.2) is 0 Å². The lowest BCUT2D eigenvalue weighted by atomic mass is 10.1. The van der Waals surface area contributed by atoms with Gasteiger partial charge in [-0.2, -0.15) is 0 Å². The van der Waals surface area contributed by atoms with Gasteiger partial charge >= 0.3 is 0 Å². The maximum absolute atomic E-state index is 5.38. The topological polar surface area (TPSA) is 37.4 Å². The Morgan fingerprint density at radius 2 is 2.00 bits per heavy atom. The number of aryl methyl sites for hydroxylation is 1. The standard InChI is InChI=1S/C20H31N3O/c1-6-23(7-2)12-8-9-16(4)22-20-15(3)14-21-19-11-10-17(24-5)13-18(19)20/h10-11,13-14,16H,6-9,12H2,1-5H3,(H,21,22). The zero-order chi connectivity index (χ0) is 17.5. The van der Waals surface area contributed by atoms with Crippen LogP contribution in [0.1, 0.15) is 39.2 Å². The average molecular weight is 329 g/mol. The largest absolute Gasteiger partial charge is 0.497 e. The third-order valence-electron chi connectivity index (χ3n) is 4.66. The first kappa shape index (κ1) is 18.5. The number of anilines is 1. The lowest BCUT2D eigenvalue weighted by molar-refractivity contribution is 0.295. The molecule has 0 spiro atoms. The molecule has 0 aliphatic rings. The highest BCUT2D eigenvalue weighted by molar-refractivity contribution is 5.93. The summed E-state index contributed by atoms with van der Waals surface area (Å²) in [5.41, 5.74) is 3.35. The quantitative estimate of drug-likeness (QED) is 0.736. The van der Waals surface area contributed by atoms with E-state index in [1.807, 2.05) is 18.3 Å². The van der Waals surface area contributed by atoms with Crippen LogP contribution in [0.3, 0.4) is 0 Å². The van der Waals surface area contributed by atoms with Gasteiger partial charge in [0.25, 0.3) is 0 Å². The van der Waals surface area contributed by atoms with Crippen LogP contribution in [0.2, 0.25) is 0 Å². The summed E-state index contributed by atoms with van der Waals surface area (Å²) in [5.74, 6) is 0.868. The molecule has 0 radical (unpaired) electrons. The molecule has 0 bridgehead atoms. The molecule has 0 saturated carbocycles. The summed E-state index contributed by atoms with van der Waals surface area (Å²) >= 11 is 0. The van der Waals surface area contributed by atoms with Crippen molar-refractivity contribution in [2.24, 2.45) is 0 Å². The Bertz CT molecular complexity index is 653. The molecule has 0 aliphatic carbocycles. The molecule has 132 valence electrons. The number of fused-ring (bicyclic) bond motifs is 1. The van der Waals surface area contributed by atoms with Crippen LogP contribution >= 0.6 is 0 Å². The molecule has 4 heteroatoms. The molecular formula is C20H31N3O. The predicted octanol–water partition coefficient (Wildman–Crippen LogP) is 4.47. The van der Waals surface area contributed by atoms with Crippen LogP contribution in [-0.2, 0) is 0 Å². The van der Waals surface area contributed by atoms with E-state index in [1.54, 1.807) is 7.11 Å². The normalized spacial score (nSPS) is 12.6. The van der Waals surface area contributed by atoms with Crippen molar-refractivity contribution < 1.29 is 4.74 Å². The first-order valence-electron chi connectivity index (χ1n) is 9.01. The second-order valence-electron chi connectivity index (χ2n) is 6.41. The summed E-state index contributed by atoms with van der Waals surface area (Å²) < 4.78 is 5.38. The van der Waals surface area contributed by atoms with Gasteiger partial charge in [-0.05, 0) is 70.1 Å². The number of nitrogens with one attached hydrogen (secondary N) is 1. The maximum atomic E-state index is 5.38. The molecule has 2 aromatic rings. The van der Waals surface area contributed by atoms with Gasteiger partial charge in [-0.1, -0.05) is 13.8 Å². The van der Waals surface area contributed by atoms with Crippen LogP contribution < -0.4 is 10.1 Å². The molecule has 1 heterocycles. The second-order valence-corrected chi connectivity index (χ2v) is 6.41. The minimum absolute atomic E-state index is 0.427. The highest BCUT2D eigenvalue weighted by atomic mass is 16.5. The van der Waals surface area contributed by atoms with Crippen LogP contribution in [0, 0.1) is 6.92 Å². The number of methoxy groups -OCH3 is 1. The lowest BCUT2D eigenvalue weighted by Crippen LogP contribution is -2.25. The Hall–Kier alpha value is -1.81. The van der Waals surface area contributed by atoms with E-state index in [-0.39, 0.29) is 0 Å². The molecule has 4 nitrogen and oxygen atoms in total. The number of ether oxygens (including phenoxy) is 1. The Morgan fingerprint density at radius 3 is 2.67 bits per heavy atom. The molecule has 24 heavy (non-hydrogen) atoms. The molecule has 2 rings (SSSR count). The molecule has 1 N–H and O–H groups in total. The monoisotopic (exact) mass is 329 g/mol. The number of rotatable bonds is 9. The van der Waals surface area contributed by atoms with E-state index in [9.17, 15) is 0 Å². The molecule has 0 fully saturated rings. The fourth-order valence-electron chi connectivity index (χ4n) is 3.07. The van der Waals surface area contributed by atoms with E-state index in [0.717, 1.165) is 36.2 Å². The van der Waals surface area contributed by atoms with Crippen molar-refractivity contribution in [3.05, 3.63) is 30.0 Å². The fraction of sp³-hybridized carbons (Fsp3) is 0.550. The van der Waals surface area contributed by atoms with Crippen LogP contribution in [-0.4, -0.2) is 42.7 Å². The summed E-state index contributed by atoms with van der Waals surface area (Å²) in [6.07, 6.45) is 4.31. The third-order valence-corrected chi connectivity index (χ3v) is 4.66. The first-order chi connectivity index (χ1) is 11.6. The maximum Gasteiger partial charge on any atom is 0.119 e. The number of hydrogen-bond acceptors (Lipinski definition) is 4. The molecule has 1 atom stereocenters. The van der Waals surface area contributed by atoms with Gasteiger partial charge in [0.15, 0.2) is 0 Å². The first-order valence-corrected chi connectivity index (χ1v) is 9.01. The fourth-order valence-corrected chi connectivity index (χ4v) is 3.07. The number of hydrogen-bond donors (Lipinski definition) is 1. The number of pyridine rings is 1. The highest BCUT2D eigenvalue weighted by Crippen LogP contribution is 2.29. The van der Waals surface area contributed by atoms with Gasteiger partial charge in [0.2, 0.25) is 0 Å². The molecule has 1 unspecified atom stereocenters. The van der Waals surface area contributed by atoms with Crippen molar-refractivity contribution >= 4 is 16.6 Å². The number of nitrogens with zero attached hydrogens (tertiary/aromatic N) is 2. The summed E-state index contributed by atoms with van der Waals surface area (Å²) in [4.78, 5) is 7.01. The van der Waals surface area contributed by atoms with Gasteiger partial charge in [0, 0.05) is 23.3 Å². The molecule has 0 aliphatic heterocycles. The molecule has 1 aromatic heterocycles. The predicted molar refractivity (Wildman–Crippen MR) is 103 cm³/mol. The Kier molecular flexibility index (Phi) is 6.85. The van der Waals surface area contributed by atoms with E-state index in [1.165, 1.54) is 24.2 Å². The van der Waals surface area contributed by atoms with E-state index in [2.05, 4.69) is 49.0 Å². The number of aromatic nitrogens is 1. The molecule has 1 aromatic carbocycles. The summed E-state index contributed by atoms with van der Waals surface area (Å²) in [6.45, 7) is 12.3. The van der Waals surface area contributed by atoms with Crippen molar-refractivity contribution in [2.75, 3.05) is 32.1 Å².